The van der Waals surface area contributed by atoms with Crippen LogP contribution in [-0.2, 0) is 6.42 Å². The Balaban J connectivity index is 1.90. The third-order valence-electron chi connectivity index (χ3n) is 2.54. The predicted molar refractivity (Wildman–Crippen MR) is 72.0 cm³/mol. The number of nitrogens with zero attached hydrogens (tertiary/aromatic N) is 1. The topological polar surface area (TPSA) is 30.0 Å². The number of pyridine rings is 1. The largest absolute Gasteiger partial charge is 0.294 e. The summed E-state index contributed by atoms with van der Waals surface area (Å²) in [5.74, 6) is 0.134. The number of aromatic nitrogens is 1. The van der Waals surface area contributed by atoms with Crippen LogP contribution in [0.1, 0.15) is 15.2 Å². The minimum Gasteiger partial charge on any atom is -0.294 e. The molecule has 0 aliphatic heterocycles. The number of rotatable bonds is 3. The summed E-state index contributed by atoms with van der Waals surface area (Å²) in [4.78, 5) is 17.4. The molecule has 0 saturated heterocycles. The zero-order chi connectivity index (χ0) is 11.7. The van der Waals surface area contributed by atoms with Gasteiger partial charge in [0.2, 0.25) is 0 Å². The fourth-order valence-electron chi connectivity index (χ4n) is 1.67. The van der Waals surface area contributed by atoms with E-state index in [2.05, 4.69) is 4.98 Å². The van der Waals surface area contributed by atoms with E-state index in [1.54, 1.807) is 28.9 Å². The predicted octanol–water partition coefficient (Wildman–Crippen LogP) is 3.78. The van der Waals surface area contributed by atoms with Gasteiger partial charge < -0.3 is 0 Å². The van der Waals surface area contributed by atoms with E-state index in [4.69, 9.17) is 0 Å². The van der Waals surface area contributed by atoms with E-state index in [1.165, 1.54) is 0 Å². The first-order valence-electron chi connectivity index (χ1n) is 5.22. The number of hydrogen-bond acceptors (Lipinski definition) is 4. The van der Waals surface area contributed by atoms with Gasteiger partial charge in [-0.3, -0.25) is 9.78 Å². The quantitative estimate of drug-likeness (QED) is 0.670. The fraction of sp³-hybridized carbons (Fsp3) is 0.0769. The highest BCUT2D eigenvalue weighted by Gasteiger charge is 2.09. The first-order chi connectivity index (χ1) is 8.33. The van der Waals surface area contributed by atoms with Gasteiger partial charge in [0.15, 0.2) is 5.78 Å². The number of fused-ring (bicyclic) bond motifs is 1. The van der Waals surface area contributed by atoms with Crippen molar-refractivity contribution in [3.05, 3.63) is 51.7 Å². The number of carbonyl (C=O) groups is 1. The molecule has 3 rings (SSSR count). The van der Waals surface area contributed by atoms with Crippen molar-refractivity contribution in [2.24, 2.45) is 0 Å². The second kappa shape index (κ2) is 4.39. The molecule has 3 aromatic rings. The maximum Gasteiger partial charge on any atom is 0.169 e. The van der Waals surface area contributed by atoms with Gasteiger partial charge >= 0.3 is 0 Å². The Labute approximate surface area is 107 Å². The van der Waals surface area contributed by atoms with E-state index in [9.17, 15) is 4.79 Å². The monoisotopic (exact) mass is 259 g/mol. The molecule has 0 atom stereocenters. The molecule has 84 valence electrons. The average molecular weight is 259 g/mol. The first kappa shape index (κ1) is 10.6. The lowest BCUT2D eigenvalue weighted by Gasteiger charge is -1.99. The molecule has 0 bridgehead atoms. The van der Waals surface area contributed by atoms with Crippen LogP contribution in [0.2, 0.25) is 0 Å². The normalized spacial score (nSPS) is 10.8. The van der Waals surface area contributed by atoms with Crippen LogP contribution in [-0.4, -0.2) is 10.8 Å². The first-order valence-corrected chi connectivity index (χ1v) is 6.98. The lowest BCUT2D eigenvalue weighted by Crippen LogP contribution is -2.02. The Morgan fingerprint density at radius 2 is 2.18 bits per heavy atom. The zero-order valence-electron chi connectivity index (χ0n) is 8.92. The van der Waals surface area contributed by atoms with Crippen molar-refractivity contribution in [3.8, 4) is 0 Å². The number of thiophene rings is 2. The molecule has 4 heteroatoms. The van der Waals surface area contributed by atoms with E-state index >= 15 is 0 Å². The van der Waals surface area contributed by atoms with Crippen molar-refractivity contribution in [1.82, 2.24) is 4.98 Å². The molecule has 0 unspecified atom stereocenters. The SMILES string of the molecule is O=C(Cc1cccs1)c1cnc2ccsc2c1. The number of Topliss-reactive ketones (excluding diaryl/α,β-unsaturated/α-hetero) is 1. The highest BCUT2D eigenvalue weighted by Crippen LogP contribution is 2.20. The highest BCUT2D eigenvalue weighted by atomic mass is 32.1. The van der Waals surface area contributed by atoms with Crippen LogP contribution in [0.5, 0.6) is 0 Å². The lowest BCUT2D eigenvalue weighted by molar-refractivity contribution is 0.0993. The fourth-order valence-corrected chi connectivity index (χ4v) is 3.16. The molecule has 3 aromatic heterocycles. The van der Waals surface area contributed by atoms with Crippen molar-refractivity contribution in [2.75, 3.05) is 0 Å². The van der Waals surface area contributed by atoms with Crippen LogP contribution < -0.4 is 0 Å². The van der Waals surface area contributed by atoms with E-state index in [-0.39, 0.29) is 5.78 Å². The molecule has 0 aliphatic rings. The van der Waals surface area contributed by atoms with Crippen LogP contribution in [0.15, 0.2) is 41.2 Å². The summed E-state index contributed by atoms with van der Waals surface area (Å²) >= 11 is 3.23. The van der Waals surface area contributed by atoms with Gasteiger partial charge in [-0.15, -0.1) is 22.7 Å². The molecule has 0 radical (unpaired) electrons. The smallest absolute Gasteiger partial charge is 0.169 e. The Morgan fingerprint density at radius 1 is 1.24 bits per heavy atom. The third-order valence-corrected chi connectivity index (χ3v) is 4.27. The van der Waals surface area contributed by atoms with E-state index < -0.39 is 0 Å². The minimum absolute atomic E-state index is 0.134. The van der Waals surface area contributed by atoms with Crippen LogP contribution in [0.3, 0.4) is 0 Å². The standard InChI is InChI=1S/C13H9NOS2/c15-12(7-10-2-1-4-16-10)9-6-13-11(14-8-9)3-5-17-13/h1-6,8H,7H2. The molecule has 0 aliphatic carbocycles. The van der Waals surface area contributed by atoms with Gasteiger partial charge in [-0.2, -0.15) is 0 Å². The number of hydrogen-bond donors (Lipinski definition) is 0. The molecular formula is C13H9NOS2. The Kier molecular flexibility index (Phi) is 2.74. The minimum atomic E-state index is 0.134. The highest BCUT2D eigenvalue weighted by molar-refractivity contribution is 7.17. The maximum atomic E-state index is 12.0. The summed E-state index contributed by atoms with van der Waals surface area (Å²) in [7, 11) is 0. The van der Waals surface area contributed by atoms with E-state index in [0.717, 1.165) is 15.1 Å². The molecule has 2 nitrogen and oxygen atoms in total. The van der Waals surface area contributed by atoms with E-state index in [0.29, 0.717) is 12.0 Å². The van der Waals surface area contributed by atoms with Gasteiger partial charge in [-0.05, 0) is 29.0 Å². The summed E-state index contributed by atoms with van der Waals surface area (Å²) in [6, 6.07) is 7.85. The van der Waals surface area contributed by atoms with E-state index in [1.807, 2.05) is 35.0 Å². The molecule has 0 saturated carbocycles. The molecule has 0 N–H and O–H groups in total. The Hall–Kier alpha value is -1.52. The summed E-state index contributed by atoms with van der Waals surface area (Å²) in [5, 5.41) is 3.98. The molecule has 3 heterocycles. The number of carbonyl (C=O) groups excluding carboxylic acids is 1. The van der Waals surface area contributed by atoms with Gasteiger partial charge in [0, 0.05) is 23.1 Å². The Morgan fingerprint density at radius 3 is 3.00 bits per heavy atom. The zero-order valence-corrected chi connectivity index (χ0v) is 10.6. The van der Waals surface area contributed by atoms with Crippen molar-refractivity contribution in [2.45, 2.75) is 6.42 Å². The molecule has 0 fully saturated rings. The van der Waals surface area contributed by atoms with Crippen molar-refractivity contribution < 1.29 is 4.79 Å². The summed E-state index contributed by atoms with van der Waals surface area (Å²) in [6.07, 6.45) is 2.14. The van der Waals surface area contributed by atoms with Gasteiger partial charge in [0.1, 0.15) is 0 Å². The second-order valence-corrected chi connectivity index (χ2v) is 5.69. The third kappa shape index (κ3) is 2.14. The molecular weight excluding hydrogens is 250 g/mol. The average Bonchev–Trinajstić information content (AvgIpc) is 2.97. The molecule has 17 heavy (non-hydrogen) atoms. The van der Waals surface area contributed by atoms with Crippen LogP contribution in [0, 0.1) is 0 Å². The Bertz CT molecular complexity index is 655. The lowest BCUT2D eigenvalue weighted by atomic mass is 10.1. The van der Waals surface area contributed by atoms with Crippen LogP contribution >= 0.6 is 22.7 Å². The van der Waals surface area contributed by atoms with Crippen molar-refractivity contribution >= 4 is 38.7 Å². The van der Waals surface area contributed by atoms with Crippen molar-refractivity contribution in [3.63, 3.8) is 0 Å². The van der Waals surface area contributed by atoms with Gasteiger partial charge in [-0.1, -0.05) is 6.07 Å². The maximum absolute atomic E-state index is 12.0. The molecule has 0 aromatic carbocycles. The summed E-state index contributed by atoms with van der Waals surface area (Å²) in [5.41, 5.74) is 1.66. The van der Waals surface area contributed by atoms with Gasteiger partial charge in [0.25, 0.3) is 0 Å². The van der Waals surface area contributed by atoms with Gasteiger partial charge in [-0.25, -0.2) is 0 Å². The summed E-state index contributed by atoms with van der Waals surface area (Å²) in [6.45, 7) is 0. The second-order valence-electron chi connectivity index (χ2n) is 3.71. The van der Waals surface area contributed by atoms with Crippen molar-refractivity contribution in [1.29, 1.82) is 0 Å². The van der Waals surface area contributed by atoms with Crippen LogP contribution in [0.4, 0.5) is 0 Å². The molecule has 0 amide bonds. The van der Waals surface area contributed by atoms with Crippen LogP contribution in [0.25, 0.3) is 10.2 Å². The molecule has 0 spiro atoms. The van der Waals surface area contributed by atoms with Gasteiger partial charge in [0.05, 0.1) is 10.2 Å². The summed E-state index contributed by atoms with van der Waals surface area (Å²) < 4.78 is 1.07. The number of ketones is 1.